The van der Waals surface area contributed by atoms with Gasteiger partial charge in [-0.25, -0.2) is 4.39 Å². The number of nitrogens with one attached hydrogen (secondary N) is 1. The molecule has 1 aliphatic rings. The van der Waals surface area contributed by atoms with Crippen LogP contribution in [-0.2, 0) is 4.79 Å². The van der Waals surface area contributed by atoms with Crippen LogP contribution < -0.4 is 5.32 Å². The van der Waals surface area contributed by atoms with Crippen molar-refractivity contribution in [2.45, 2.75) is 51.2 Å². The van der Waals surface area contributed by atoms with Gasteiger partial charge in [-0.3, -0.25) is 4.79 Å². The maximum atomic E-state index is 13.7. The van der Waals surface area contributed by atoms with Gasteiger partial charge in [-0.1, -0.05) is 48.3 Å². The molecule has 2 unspecified atom stereocenters. The van der Waals surface area contributed by atoms with Crippen LogP contribution in [0.25, 0.3) is 0 Å². The first-order valence-corrected chi connectivity index (χ1v) is 11.8. The zero-order chi connectivity index (χ0) is 24.3. The predicted octanol–water partition coefficient (Wildman–Crippen LogP) is 5.73. The van der Waals surface area contributed by atoms with Gasteiger partial charge in [-0.2, -0.15) is 0 Å². The lowest BCUT2D eigenvalue weighted by molar-refractivity contribution is -0.133. The molecule has 0 heterocycles. The van der Waals surface area contributed by atoms with Gasteiger partial charge in [0.2, 0.25) is 5.91 Å². The first-order valence-electron chi connectivity index (χ1n) is 11.0. The minimum Gasteiger partial charge on any atom is -0.394 e. The quantitative estimate of drug-likeness (QED) is 0.370. The van der Waals surface area contributed by atoms with Crippen LogP contribution in [0.4, 0.5) is 4.39 Å². The van der Waals surface area contributed by atoms with Crippen LogP contribution in [0.15, 0.2) is 49.1 Å². The molecular weight excluding hydrogens is 464 g/mol. The Bertz CT molecular complexity index is 1030. The predicted molar refractivity (Wildman–Crippen MR) is 130 cm³/mol. The molecule has 2 aromatic rings. The monoisotopic (exact) mass is 493 g/mol. The number of carbonyl (C=O) groups excluding carboxylic acids is 1. The van der Waals surface area contributed by atoms with E-state index >= 15 is 0 Å². The summed E-state index contributed by atoms with van der Waals surface area (Å²) in [5.74, 6) is -0.615. The fourth-order valence-corrected chi connectivity index (χ4v) is 4.93. The molecule has 0 bridgehead atoms. The molecule has 2 aromatic carbocycles. The average molecular weight is 494 g/mol. The standard InChI is InChI=1S/C26H30Cl2FNO3/c1-4-8-26(3,13-24(32)16-6-5-7-17(27)10-16)25(33)30-23(14-31)20-11-19(20)18-12-21(28)22(29)9-15(18)2/h4-7,9-10,12,19-20,23-24,31-32H,1,8,11,13-14H2,2-3H3,(H,30,33)/t19-,20?,23+,24+,26?/m0/s1. The summed E-state index contributed by atoms with van der Waals surface area (Å²) in [6.45, 7) is 7.16. The number of hydrogen-bond donors (Lipinski definition) is 3. The molecule has 1 amide bonds. The van der Waals surface area contributed by atoms with E-state index in [2.05, 4.69) is 11.9 Å². The van der Waals surface area contributed by atoms with Crippen molar-refractivity contribution in [3.63, 3.8) is 0 Å². The van der Waals surface area contributed by atoms with Crippen molar-refractivity contribution in [2.24, 2.45) is 11.3 Å². The number of hydrogen-bond acceptors (Lipinski definition) is 3. The molecule has 33 heavy (non-hydrogen) atoms. The zero-order valence-corrected chi connectivity index (χ0v) is 20.3. The summed E-state index contributed by atoms with van der Waals surface area (Å²) in [6.07, 6.45) is 2.06. The molecule has 3 rings (SSSR count). The zero-order valence-electron chi connectivity index (χ0n) is 18.8. The third-order valence-electron chi connectivity index (χ3n) is 6.60. The first-order chi connectivity index (χ1) is 15.6. The van der Waals surface area contributed by atoms with E-state index in [1.807, 2.05) is 6.92 Å². The average Bonchev–Trinajstić information content (AvgIpc) is 3.54. The number of halogens is 3. The topological polar surface area (TPSA) is 69.6 Å². The first kappa shape index (κ1) is 25.7. The van der Waals surface area contributed by atoms with E-state index in [4.69, 9.17) is 23.2 Å². The summed E-state index contributed by atoms with van der Waals surface area (Å²) < 4.78 is 13.7. The van der Waals surface area contributed by atoms with Crippen molar-refractivity contribution >= 4 is 29.1 Å². The lowest BCUT2D eigenvalue weighted by Crippen LogP contribution is -2.47. The Hall–Kier alpha value is -1.92. The normalized spacial score (nSPS) is 21.1. The highest BCUT2D eigenvalue weighted by Crippen LogP contribution is 2.51. The largest absolute Gasteiger partial charge is 0.394 e. The number of carbonyl (C=O) groups is 1. The lowest BCUT2D eigenvalue weighted by atomic mass is 9.78. The van der Waals surface area contributed by atoms with Crippen LogP contribution in [-0.4, -0.2) is 28.8 Å². The van der Waals surface area contributed by atoms with Gasteiger partial charge in [0.05, 0.1) is 29.2 Å². The summed E-state index contributed by atoms with van der Waals surface area (Å²) in [6, 6.07) is 9.52. The Balaban J connectivity index is 1.72. The van der Waals surface area contributed by atoms with Gasteiger partial charge in [0.15, 0.2) is 0 Å². The number of aliphatic hydroxyl groups excluding tert-OH is 2. The van der Waals surface area contributed by atoms with Crippen LogP contribution in [0.2, 0.25) is 10.0 Å². The Kier molecular flexibility index (Phi) is 8.22. The lowest BCUT2D eigenvalue weighted by Gasteiger charge is -2.32. The summed E-state index contributed by atoms with van der Waals surface area (Å²) in [7, 11) is 0. The van der Waals surface area contributed by atoms with Gasteiger partial charge < -0.3 is 15.5 Å². The number of rotatable bonds is 10. The Morgan fingerprint density at radius 3 is 2.73 bits per heavy atom. The van der Waals surface area contributed by atoms with Crippen molar-refractivity contribution in [3.8, 4) is 0 Å². The molecule has 7 heteroatoms. The van der Waals surface area contributed by atoms with Gasteiger partial charge in [0.25, 0.3) is 0 Å². The van der Waals surface area contributed by atoms with E-state index in [1.54, 1.807) is 43.3 Å². The van der Waals surface area contributed by atoms with Gasteiger partial charge in [-0.15, -0.1) is 6.58 Å². The minimum absolute atomic E-state index is 0.0185. The van der Waals surface area contributed by atoms with Crippen LogP contribution in [0.3, 0.4) is 0 Å². The van der Waals surface area contributed by atoms with Crippen molar-refractivity contribution in [1.82, 2.24) is 5.32 Å². The van der Waals surface area contributed by atoms with Crippen LogP contribution in [0.1, 0.15) is 54.9 Å². The molecule has 0 aromatic heterocycles. The molecule has 5 atom stereocenters. The maximum Gasteiger partial charge on any atom is 0.226 e. The number of allylic oxidation sites excluding steroid dienone is 1. The molecule has 1 saturated carbocycles. The van der Waals surface area contributed by atoms with Crippen molar-refractivity contribution in [1.29, 1.82) is 0 Å². The third-order valence-corrected chi connectivity index (χ3v) is 7.12. The van der Waals surface area contributed by atoms with Gasteiger partial charge >= 0.3 is 0 Å². The second-order valence-corrected chi connectivity index (χ2v) is 10.1. The second kappa shape index (κ2) is 10.6. The third kappa shape index (κ3) is 5.96. The molecule has 0 radical (unpaired) electrons. The Morgan fingerprint density at radius 2 is 2.09 bits per heavy atom. The number of aryl methyl sites for hydroxylation is 1. The van der Waals surface area contributed by atoms with Gasteiger partial charge in [0.1, 0.15) is 5.82 Å². The highest BCUT2D eigenvalue weighted by molar-refractivity contribution is 6.31. The SMILES string of the molecule is C=CCC(C)(C[C@@H](O)c1cccc(Cl)c1)C(=O)N[C@H](CO)C1C[C@H]1c1cc(Cl)c(F)cc1C. The summed E-state index contributed by atoms with van der Waals surface area (Å²) >= 11 is 12.0. The van der Waals surface area contributed by atoms with Crippen LogP contribution >= 0.6 is 23.2 Å². The molecule has 178 valence electrons. The fraction of sp³-hybridized carbons (Fsp3) is 0.423. The minimum atomic E-state index is -0.934. The van der Waals surface area contributed by atoms with Crippen LogP contribution in [0.5, 0.6) is 0 Å². The smallest absolute Gasteiger partial charge is 0.226 e. The van der Waals surface area contributed by atoms with Crippen molar-refractivity contribution in [2.75, 3.05) is 6.61 Å². The molecule has 1 aliphatic carbocycles. The highest BCUT2D eigenvalue weighted by atomic mass is 35.5. The molecular formula is C26H30Cl2FNO3. The van der Waals surface area contributed by atoms with E-state index in [9.17, 15) is 19.4 Å². The Morgan fingerprint density at radius 1 is 1.36 bits per heavy atom. The number of benzene rings is 2. The summed E-state index contributed by atoms with van der Waals surface area (Å²) in [4.78, 5) is 13.3. The molecule has 4 nitrogen and oxygen atoms in total. The van der Waals surface area contributed by atoms with E-state index in [0.29, 0.717) is 17.0 Å². The molecule has 0 aliphatic heterocycles. The van der Waals surface area contributed by atoms with Gasteiger partial charge in [0, 0.05) is 5.02 Å². The van der Waals surface area contributed by atoms with E-state index in [-0.39, 0.29) is 35.8 Å². The fourth-order valence-electron chi connectivity index (χ4n) is 4.55. The van der Waals surface area contributed by atoms with E-state index < -0.39 is 23.4 Å². The molecule has 0 saturated heterocycles. The second-order valence-electron chi connectivity index (χ2n) is 9.22. The molecule has 3 N–H and O–H groups in total. The van der Waals surface area contributed by atoms with Gasteiger partial charge in [-0.05, 0) is 79.0 Å². The van der Waals surface area contributed by atoms with Crippen LogP contribution in [0, 0.1) is 24.1 Å². The van der Waals surface area contributed by atoms with Crippen molar-refractivity contribution < 1.29 is 19.4 Å². The maximum absolute atomic E-state index is 13.7. The van der Waals surface area contributed by atoms with Crippen molar-refractivity contribution in [3.05, 3.63) is 81.6 Å². The van der Waals surface area contributed by atoms with E-state index in [1.165, 1.54) is 6.07 Å². The number of aliphatic hydroxyl groups is 2. The Labute approximate surface area is 204 Å². The number of amides is 1. The van der Waals surface area contributed by atoms with E-state index in [0.717, 1.165) is 17.5 Å². The molecule has 0 spiro atoms. The summed E-state index contributed by atoms with van der Waals surface area (Å²) in [5.41, 5.74) is 1.43. The highest BCUT2D eigenvalue weighted by Gasteiger charge is 2.46. The summed E-state index contributed by atoms with van der Waals surface area (Å²) in [5, 5.41) is 24.4. The molecule has 1 fully saturated rings.